The number of nitrogens with one attached hydrogen (secondary N) is 1. The Labute approximate surface area is 120 Å². The predicted octanol–water partition coefficient (Wildman–Crippen LogP) is 4.40. The van der Waals surface area contributed by atoms with Crippen molar-refractivity contribution in [3.63, 3.8) is 0 Å². The molecule has 0 unspecified atom stereocenters. The van der Waals surface area contributed by atoms with Gasteiger partial charge in [-0.3, -0.25) is 0 Å². The van der Waals surface area contributed by atoms with Crippen LogP contribution in [0.3, 0.4) is 0 Å². The average Bonchev–Trinajstić information content (AvgIpc) is 2.71. The molecule has 2 atom stereocenters. The maximum absolute atomic E-state index is 6.34. The van der Waals surface area contributed by atoms with E-state index in [1.165, 1.54) is 16.8 Å². The number of hydrogen-bond acceptors (Lipinski definition) is 2. The van der Waals surface area contributed by atoms with Crippen molar-refractivity contribution in [2.24, 2.45) is 0 Å². The van der Waals surface area contributed by atoms with E-state index >= 15 is 0 Å². The Bertz CT molecular complexity index is 699. The first-order valence-electron chi connectivity index (χ1n) is 6.41. The molecule has 0 saturated heterocycles. The second-order valence-electron chi connectivity index (χ2n) is 5.57. The molecule has 2 aromatic carbocycles. The van der Waals surface area contributed by atoms with Crippen molar-refractivity contribution < 1.29 is 4.74 Å². The molecule has 2 aliphatic heterocycles. The molecule has 2 nitrogen and oxygen atoms in total. The summed E-state index contributed by atoms with van der Waals surface area (Å²) in [6.45, 7) is 4.38. The van der Waals surface area contributed by atoms with Gasteiger partial charge in [-0.1, -0.05) is 40.2 Å². The number of rotatable bonds is 0. The summed E-state index contributed by atoms with van der Waals surface area (Å²) >= 11 is 3.51. The molecule has 1 N–H and O–H groups in total. The van der Waals surface area contributed by atoms with E-state index < -0.39 is 0 Å². The van der Waals surface area contributed by atoms with Gasteiger partial charge in [0.1, 0.15) is 11.3 Å². The van der Waals surface area contributed by atoms with Crippen LogP contribution in [-0.2, 0) is 11.1 Å². The molecule has 0 aliphatic carbocycles. The summed E-state index contributed by atoms with van der Waals surface area (Å²) in [5, 5.41) is 3.65. The number of halogens is 1. The maximum Gasteiger partial charge on any atom is 0.160 e. The van der Waals surface area contributed by atoms with Crippen LogP contribution in [0.1, 0.15) is 25.0 Å². The van der Waals surface area contributed by atoms with Crippen molar-refractivity contribution in [3.05, 3.63) is 58.1 Å². The lowest BCUT2D eigenvalue weighted by molar-refractivity contribution is 0.0635. The summed E-state index contributed by atoms with van der Waals surface area (Å²) < 4.78 is 7.38. The van der Waals surface area contributed by atoms with Crippen LogP contribution in [0.25, 0.3) is 0 Å². The van der Waals surface area contributed by atoms with Gasteiger partial charge >= 0.3 is 0 Å². The van der Waals surface area contributed by atoms with Crippen molar-refractivity contribution in [2.75, 3.05) is 5.32 Å². The van der Waals surface area contributed by atoms with Crippen LogP contribution in [-0.4, -0.2) is 0 Å². The number of benzene rings is 2. The number of anilines is 1. The first-order chi connectivity index (χ1) is 9.04. The van der Waals surface area contributed by atoms with Crippen molar-refractivity contribution >= 4 is 21.6 Å². The Kier molecular flexibility index (Phi) is 2.00. The molecule has 3 heteroatoms. The Morgan fingerprint density at radius 1 is 1.05 bits per heavy atom. The summed E-state index contributed by atoms with van der Waals surface area (Å²) in [5.41, 5.74) is 3.04. The van der Waals surface area contributed by atoms with Crippen LogP contribution in [0.15, 0.2) is 46.9 Å². The quantitative estimate of drug-likeness (QED) is 0.778. The van der Waals surface area contributed by atoms with Gasteiger partial charge < -0.3 is 10.1 Å². The van der Waals surface area contributed by atoms with E-state index in [1.807, 2.05) is 0 Å². The second-order valence-corrected chi connectivity index (χ2v) is 6.49. The van der Waals surface area contributed by atoms with Crippen molar-refractivity contribution in [1.82, 2.24) is 0 Å². The third-order valence-corrected chi connectivity index (χ3v) is 5.07. The number of hydrogen-bond donors (Lipinski definition) is 1. The molecule has 0 bridgehead atoms. The molecule has 19 heavy (non-hydrogen) atoms. The minimum absolute atomic E-state index is 0.216. The van der Waals surface area contributed by atoms with Crippen LogP contribution in [0.2, 0.25) is 0 Å². The van der Waals surface area contributed by atoms with Crippen LogP contribution in [0, 0.1) is 0 Å². The molecular weight excluding hydrogens is 302 g/mol. The van der Waals surface area contributed by atoms with Gasteiger partial charge in [0, 0.05) is 21.3 Å². The Morgan fingerprint density at radius 3 is 2.68 bits per heavy atom. The van der Waals surface area contributed by atoms with Gasteiger partial charge in [-0.25, -0.2) is 0 Å². The van der Waals surface area contributed by atoms with Gasteiger partial charge in [-0.05, 0) is 32.0 Å². The van der Waals surface area contributed by atoms with Gasteiger partial charge in [-0.2, -0.15) is 0 Å². The molecule has 96 valence electrons. The maximum atomic E-state index is 6.34. The summed E-state index contributed by atoms with van der Waals surface area (Å²) in [7, 11) is 0. The molecule has 0 fully saturated rings. The summed E-state index contributed by atoms with van der Waals surface area (Å²) in [4.78, 5) is 0. The number of fused-ring (bicyclic) bond motifs is 5. The fraction of sp³-hybridized carbons (Fsp3) is 0.250. The summed E-state index contributed by atoms with van der Waals surface area (Å²) in [6.07, 6.45) is 0. The summed E-state index contributed by atoms with van der Waals surface area (Å²) in [6, 6.07) is 14.7. The van der Waals surface area contributed by atoms with E-state index in [4.69, 9.17) is 4.74 Å². The van der Waals surface area contributed by atoms with E-state index in [-0.39, 0.29) is 11.1 Å². The SMILES string of the molecule is C[C@@]12Nc3ccccc3[C@]1(C)Oc1cc(Br)ccc12. The first-order valence-corrected chi connectivity index (χ1v) is 7.21. The zero-order chi connectivity index (χ0) is 13.3. The van der Waals surface area contributed by atoms with Crippen LogP contribution >= 0.6 is 15.9 Å². The Hall–Kier alpha value is -1.48. The molecule has 4 rings (SSSR count). The Morgan fingerprint density at radius 2 is 1.84 bits per heavy atom. The highest BCUT2D eigenvalue weighted by atomic mass is 79.9. The smallest absolute Gasteiger partial charge is 0.160 e. The standard InChI is InChI=1S/C16H14BrNO/c1-15-12-8-7-10(17)9-14(12)19-16(15,2)11-5-3-4-6-13(11)18-15/h3-9,18H,1-2H3/t15-,16-/m0/s1. The lowest BCUT2D eigenvalue weighted by Gasteiger charge is -2.33. The number of para-hydroxylation sites is 1. The van der Waals surface area contributed by atoms with Gasteiger partial charge in [0.15, 0.2) is 5.60 Å². The monoisotopic (exact) mass is 315 g/mol. The zero-order valence-corrected chi connectivity index (χ0v) is 12.4. The molecule has 0 spiro atoms. The predicted molar refractivity (Wildman–Crippen MR) is 79.5 cm³/mol. The second kappa shape index (κ2) is 3.34. The third kappa shape index (κ3) is 1.22. The zero-order valence-electron chi connectivity index (χ0n) is 10.8. The largest absolute Gasteiger partial charge is 0.480 e. The summed E-state index contributed by atoms with van der Waals surface area (Å²) in [5.74, 6) is 0.960. The van der Waals surface area contributed by atoms with Gasteiger partial charge in [0.25, 0.3) is 0 Å². The van der Waals surface area contributed by atoms with E-state index in [9.17, 15) is 0 Å². The molecule has 0 saturated carbocycles. The fourth-order valence-electron chi connectivity index (χ4n) is 3.36. The highest BCUT2D eigenvalue weighted by molar-refractivity contribution is 9.10. The lowest BCUT2D eigenvalue weighted by atomic mass is 9.78. The van der Waals surface area contributed by atoms with Gasteiger partial charge in [-0.15, -0.1) is 0 Å². The van der Waals surface area contributed by atoms with Crippen molar-refractivity contribution in [2.45, 2.75) is 25.0 Å². The van der Waals surface area contributed by atoms with Gasteiger partial charge in [0.2, 0.25) is 0 Å². The molecule has 2 aromatic rings. The minimum atomic E-state index is -0.354. The van der Waals surface area contributed by atoms with Crippen molar-refractivity contribution in [1.29, 1.82) is 0 Å². The fourth-order valence-corrected chi connectivity index (χ4v) is 3.70. The number of ether oxygens (including phenoxy) is 1. The third-order valence-electron chi connectivity index (χ3n) is 4.58. The molecule has 0 aromatic heterocycles. The average molecular weight is 316 g/mol. The molecular formula is C16H14BrNO. The highest BCUT2D eigenvalue weighted by Gasteiger charge is 2.60. The molecule has 0 radical (unpaired) electrons. The van der Waals surface area contributed by atoms with E-state index in [0.717, 1.165) is 10.2 Å². The topological polar surface area (TPSA) is 21.3 Å². The first kappa shape index (κ1) is 11.4. The Balaban J connectivity index is 1.98. The van der Waals surface area contributed by atoms with Crippen LogP contribution in [0.4, 0.5) is 5.69 Å². The lowest BCUT2D eigenvalue weighted by Crippen LogP contribution is -2.44. The normalized spacial score (nSPS) is 30.1. The van der Waals surface area contributed by atoms with E-state index in [0.29, 0.717) is 0 Å². The minimum Gasteiger partial charge on any atom is -0.480 e. The molecule has 2 heterocycles. The van der Waals surface area contributed by atoms with E-state index in [2.05, 4.69) is 77.6 Å². The van der Waals surface area contributed by atoms with Gasteiger partial charge in [0.05, 0.1) is 0 Å². The molecule has 0 amide bonds. The molecule has 2 aliphatic rings. The van der Waals surface area contributed by atoms with Crippen LogP contribution in [0.5, 0.6) is 5.75 Å². The van der Waals surface area contributed by atoms with Crippen molar-refractivity contribution in [3.8, 4) is 5.75 Å². The highest BCUT2D eigenvalue weighted by Crippen LogP contribution is 2.59. The van der Waals surface area contributed by atoms with Crippen LogP contribution < -0.4 is 10.1 Å². The van der Waals surface area contributed by atoms with E-state index in [1.54, 1.807) is 0 Å².